The van der Waals surface area contributed by atoms with Crippen molar-refractivity contribution in [2.24, 2.45) is 11.3 Å². The number of ether oxygens (including phenoxy) is 1. The molecule has 4 heteroatoms. The molecule has 108 valence electrons. The molecular weight excluding hydrogens is 244 g/mol. The molecule has 0 fully saturated rings. The number of hydrogen-bond acceptors (Lipinski definition) is 4. The van der Waals surface area contributed by atoms with Gasteiger partial charge in [-0.25, -0.2) is 0 Å². The van der Waals surface area contributed by atoms with E-state index in [1.54, 1.807) is 6.08 Å². The largest absolute Gasteiger partial charge is 0.379 e. The standard InChI is InChI=1S/C15H24O4/c1-11(16)15(18)10-19-8-6-5-7-12(15)9-13(17)14(2,3)4/h5,7,12,18H,6,8-10H2,1-4H3/b7-5-/t12-,15+/m1/s1. The van der Waals surface area contributed by atoms with Crippen molar-refractivity contribution in [2.45, 2.75) is 46.1 Å². The van der Waals surface area contributed by atoms with Crippen molar-refractivity contribution >= 4 is 11.6 Å². The quantitative estimate of drug-likeness (QED) is 0.794. The van der Waals surface area contributed by atoms with E-state index in [0.29, 0.717) is 6.61 Å². The van der Waals surface area contributed by atoms with Gasteiger partial charge in [-0.05, 0) is 13.3 Å². The predicted octanol–water partition coefficient (Wildman–Crippen LogP) is 1.90. The normalized spacial score (nSPS) is 30.3. The fraction of sp³-hybridized carbons (Fsp3) is 0.733. The van der Waals surface area contributed by atoms with Crippen LogP contribution in [0.5, 0.6) is 0 Å². The topological polar surface area (TPSA) is 63.6 Å². The Hall–Kier alpha value is -1.00. The van der Waals surface area contributed by atoms with Crippen molar-refractivity contribution in [3.05, 3.63) is 12.2 Å². The van der Waals surface area contributed by atoms with Crippen molar-refractivity contribution in [3.8, 4) is 0 Å². The van der Waals surface area contributed by atoms with Gasteiger partial charge in [0.15, 0.2) is 11.4 Å². The lowest BCUT2D eigenvalue weighted by molar-refractivity contribution is -0.150. The molecule has 0 aromatic heterocycles. The van der Waals surface area contributed by atoms with Crippen LogP contribution in [0.25, 0.3) is 0 Å². The van der Waals surface area contributed by atoms with Crippen LogP contribution in [0.1, 0.15) is 40.5 Å². The highest BCUT2D eigenvalue weighted by Gasteiger charge is 2.42. The van der Waals surface area contributed by atoms with Crippen molar-refractivity contribution < 1.29 is 19.4 Å². The number of aliphatic hydroxyl groups is 1. The maximum absolute atomic E-state index is 12.1. The van der Waals surface area contributed by atoms with Crippen LogP contribution in [0, 0.1) is 11.3 Å². The molecule has 0 saturated carbocycles. The first-order chi connectivity index (χ1) is 8.68. The molecule has 4 nitrogen and oxygen atoms in total. The second-order valence-electron chi connectivity index (χ2n) is 6.23. The van der Waals surface area contributed by atoms with E-state index in [1.807, 2.05) is 26.8 Å². The van der Waals surface area contributed by atoms with E-state index in [9.17, 15) is 14.7 Å². The van der Waals surface area contributed by atoms with Crippen molar-refractivity contribution in [1.82, 2.24) is 0 Å². The summed E-state index contributed by atoms with van der Waals surface area (Å²) in [6.45, 7) is 7.29. The van der Waals surface area contributed by atoms with Crippen molar-refractivity contribution in [2.75, 3.05) is 13.2 Å². The van der Waals surface area contributed by atoms with Crippen LogP contribution in [0.2, 0.25) is 0 Å². The molecule has 1 rings (SSSR count). The first-order valence-electron chi connectivity index (χ1n) is 6.69. The summed E-state index contributed by atoms with van der Waals surface area (Å²) in [5.41, 5.74) is -2.08. The van der Waals surface area contributed by atoms with Gasteiger partial charge < -0.3 is 9.84 Å². The van der Waals surface area contributed by atoms with E-state index in [2.05, 4.69) is 0 Å². The summed E-state index contributed by atoms with van der Waals surface area (Å²) in [5.74, 6) is -0.842. The molecule has 1 heterocycles. The van der Waals surface area contributed by atoms with Gasteiger partial charge in [0.05, 0.1) is 13.2 Å². The Bertz CT molecular complexity index is 378. The molecule has 0 aliphatic carbocycles. The Morgan fingerprint density at radius 1 is 1.42 bits per heavy atom. The van der Waals surface area contributed by atoms with Gasteiger partial charge in [0.2, 0.25) is 0 Å². The smallest absolute Gasteiger partial charge is 0.164 e. The molecule has 1 N–H and O–H groups in total. The summed E-state index contributed by atoms with van der Waals surface area (Å²) in [6.07, 6.45) is 4.54. The second kappa shape index (κ2) is 5.97. The highest BCUT2D eigenvalue weighted by Crippen LogP contribution is 2.30. The summed E-state index contributed by atoms with van der Waals surface area (Å²) in [6, 6.07) is 0. The van der Waals surface area contributed by atoms with Gasteiger partial charge in [-0.2, -0.15) is 0 Å². The minimum Gasteiger partial charge on any atom is -0.379 e. The average molecular weight is 268 g/mol. The number of carbonyl (C=O) groups is 2. The van der Waals surface area contributed by atoms with Gasteiger partial charge in [-0.15, -0.1) is 0 Å². The fourth-order valence-corrected chi connectivity index (χ4v) is 2.01. The molecule has 0 radical (unpaired) electrons. The molecule has 0 spiro atoms. The van der Waals surface area contributed by atoms with Crippen LogP contribution in [0.4, 0.5) is 0 Å². The number of ketones is 2. The highest BCUT2D eigenvalue weighted by molar-refractivity contribution is 5.88. The maximum Gasteiger partial charge on any atom is 0.164 e. The average Bonchev–Trinajstić information content (AvgIpc) is 2.27. The monoisotopic (exact) mass is 268 g/mol. The SMILES string of the molecule is CC(=O)[C@@]1(O)COCC/C=C\[C@@H]1CC(=O)C(C)(C)C. The Balaban J connectivity index is 2.99. The molecular formula is C15H24O4. The third-order valence-corrected chi connectivity index (χ3v) is 3.58. The van der Waals surface area contributed by atoms with Crippen LogP contribution >= 0.6 is 0 Å². The molecule has 0 unspecified atom stereocenters. The molecule has 1 aliphatic rings. The first-order valence-corrected chi connectivity index (χ1v) is 6.69. The first kappa shape index (κ1) is 16.1. The summed E-state index contributed by atoms with van der Waals surface area (Å²) < 4.78 is 5.32. The Morgan fingerprint density at radius 2 is 2.05 bits per heavy atom. The van der Waals surface area contributed by atoms with E-state index >= 15 is 0 Å². The maximum atomic E-state index is 12.1. The zero-order valence-corrected chi connectivity index (χ0v) is 12.2. The third kappa shape index (κ3) is 3.98. The summed E-state index contributed by atoms with van der Waals surface area (Å²) in [4.78, 5) is 23.9. The Labute approximate surface area is 114 Å². The fourth-order valence-electron chi connectivity index (χ4n) is 2.01. The van der Waals surface area contributed by atoms with Crippen LogP contribution < -0.4 is 0 Å². The van der Waals surface area contributed by atoms with Crippen LogP contribution in [-0.2, 0) is 14.3 Å². The molecule has 1 aliphatic heterocycles. The number of carbonyl (C=O) groups excluding carboxylic acids is 2. The second-order valence-corrected chi connectivity index (χ2v) is 6.23. The molecule has 0 saturated heterocycles. The van der Waals surface area contributed by atoms with Crippen LogP contribution in [0.15, 0.2) is 12.2 Å². The highest BCUT2D eigenvalue weighted by atomic mass is 16.5. The minimum atomic E-state index is -1.60. The molecule has 19 heavy (non-hydrogen) atoms. The molecule has 0 aromatic carbocycles. The lowest BCUT2D eigenvalue weighted by Gasteiger charge is -2.34. The van der Waals surface area contributed by atoms with Gasteiger partial charge in [-0.1, -0.05) is 32.9 Å². The minimum absolute atomic E-state index is 0.0300. The zero-order valence-electron chi connectivity index (χ0n) is 12.2. The summed E-state index contributed by atoms with van der Waals surface area (Å²) in [5, 5.41) is 10.5. The van der Waals surface area contributed by atoms with Gasteiger partial charge in [0.25, 0.3) is 0 Å². The van der Waals surface area contributed by atoms with E-state index in [4.69, 9.17) is 4.74 Å². The van der Waals surface area contributed by atoms with Gasteiger partial charge in [0, 0.05) is 17.8 Å². The molecule has 2 atom stereocenters. The van der Waals surface area contributed by atoms with E-state index in [0.717, 1.165) is 6.42 Å². The van der Waals surface area contributed by atoms with E-state index < -0.39 is 16.9 Å². The number of rotatable bonds is 3. The Morgan fingerprint density at radius 3 is 2.58 bits per heavy atom. The van der Waals surface area contributed by atoms with Crippen LogP contribution in [-0.4, -0.2) is 35.5 Å². The number of hydrogen-bond donors (Lipinski definition) is 1. The Kier molecular flexibility index (Phi) is 5.04. The lowest BCUT2D eigenvalue weighted by Crippen LogP contribution is -2.50. The molecule has 0 bridgehead atoms. The molecule has 0 amide bonds. The van der Waals surface area contributed by atoms with Gasteiger partial charge in [-0.3, -0.25) is 9.59 Å². The van der Waals surface area contributed by atoms with E-state index in [-0.39, 0.29) is 24.6 Å². The summed E-state index contributed by atoms with van der Waals surface area (Å²) in [7, 11) is 0. The van der Waals surface area contributed by atoms with Gasteiger partial charge >= 0.3 is 0 Å². The summed E-state index contributed by atoms with van der Waals surface area (Å²) >= 11 is 0. The van der Waals surface area contributed by atoms with E-state index in [1.165, 1.54) is 6.92 Å². The third-order valence-electron chi connectivity index (χ3n) is 3.58. The van der Waals surface area contributed by atoms with Crippen LogP contribution in [0.3, 0.4) is 0 Å². The lowest BCUT2D eigenvalue weighted by atomic mass is 9.76. The zero-order chi connectivity index (χ0) is 14.7. The van der Waals surface area contributed by atoms with Gasteiger partial charge in [0.1, 0.15) is 5.78 Å². The van der Waals surface area contributed by atoms with Crippen molar-refractivity contribution in [3.63, 3.8) is 0 Å². The predicted molar refractivity (Wildman–Crippen MR) is 72.8 cm³/mol. The van der Waals surface area contributed by atoms with Crippen molar-refractivity contribution in [1.29, 1.82) is 0 Å². The number of Topliss-reactive ketones (excluding diaryl/α,β-unsaturated/α-hetero) is 2. The molecule has 0 aromatic rings.